The SMILES string of the molecule is CC(C)(C)OC(=O)N1CCC(CN2CCN(S(=O)(=O)C3=Cc4ccc(Cl)cc4OC3)CC2=O)(C(=O)O)CC1. The van der Waals surface area contributed by atoms with Crippen LogP contribution in [0.3, 0.4) is 0 Å². The van der Waals surface area contributed by atoms with Crippen molar-refractivity contribution in [1.29, 1.82) is 0 Å². The van der Waals surface area contributed by atoms with E-state index < -0.39 is 45.6 Å². The molecule has 4 rings (SSSR count). The number of carboxylic acids is 1. The minimum absolute atomic E-state index is 0.0264. The van der Waals surface area contributed by atoms with Gasteiger partial charge in [-0.15, -0.1) is 0 Å². The molecule has 2 saturated heterocycles. The first kappa shape index (κ1) is 28.2. The van der Waals surface area contributed by atoms with Crippen LogP contribution in [0.4, 0.5) is 4.79 Å². The summed E-state index contributed by atoms with van der Waals surface area (Å²) in [6, 6.07) is 4.90. The zero-order valence-electron chi connectivity index (χ0n) is 21.6. The second kappa shape index (κ2) is 10.4. The van der Waals surface area contributed by atoms with Crippen LogP contribution in [0.2, 0.25) is 5.02 Å². The molecule has 0 bridgehead atoms. The summed E-state index contributed by atoms with van der Waals surface area (Å²) in [6.45, 7) is 5.10. The third-order valence-corrected chi connectivity index (χ3v) is 9.06. The fourth-order valence-electron chi connectivity index (χ4n) is 4.74. The molecule has 1 N–H and O–H groups in total. The van der Waals surface area contributed by atoms with Crippen molar-refractivity contribution in [3.8, 4) is 5.75 Å². The second-order valence-electron chi connectivity index (χ2n) is 10.8. The maximum atomic E-state index is 13.3. The number of carboxylic acid groups (broad SMARTS) is 1. The van der Waals surface area contributed by atoms with Gasteiger partial charge in [-0.2, -0.15) is 4.31 Å². The quantitative estimate of drug-likeness (QED) is 0.572. The van der Waals surface area contributed by atoms with Gasteiger partial charge in [-0.1, -0.05) is 11.6 Å². The van der Waals surface area contributed by atoms with Gasteiger partial charge in [-0.25, -0.2) is 13.2 Å². The fourth-order valence-corrected chi connectivity index (χ4v) is 6.32. The number of hydrogen-bond acceptors (Lipinski definition) is 7. The highest BCUT2D eigenvalue weighted by molar-refractivity contribution is 7.93. The number of carbonyl (C=O) groups is 3. The van der Waals surface area contributed by atoms with E-state index in [9.17, 15) is 27.9 Å². The van der Waals surface area contributed by atoms with Crippen LogP contribution in [0.15, 0.2) is 23.1 Å². The first-order valence-electron chi connectivity index (χ1n) is 12.3. The topological polar surface area (TPSA) is 134 Å². The molecule has 0 aromatic heterocycles. The van der Waals surface area contributed by atoms with Gasteiger partial charge in [-0.05, 0) is 57.9 Å². The Morgan fingerprint density at radius 1 is 1.16 bits per heavy atom. The van der Waals surface area contributed by atoms with Crippen LogP contribution in [0, 0.1) is 5.41 Å². The van der Waals surface area contributed by atoms with Gasteiger partial charge in [0.05, 0.1) is 16.9 Å². The lowest BCUT2D eigenvalue weighted by Gasteiger charge is -2.43. The smallest absolute Gasteiger partial charge is 0.410 e. The maximum Gasteiger partial charge on any atom is 0.410 e. The molecule has 0 spiro atoms. The molecule has 1 aromatic carbocycles. The van der Waals surface area contributed by atoms with Gasteiger partial charge < -0.3 is 24.4 Å². The molecule has 3 aliphatic heterocycles. The number of benzene rings is 1. The predicted molar refractivity (Wildman–Crippen MR) is 139 cm³/mol. The highest BCUT2D eigenvalue weighted by Gasteiger charge is 2.46. The van der Waals surface area contributed by atoms with Crippen molar-refractivity contribution in [2.75, 3.05) is 45.9 Å². The molecule has 208 valence electrons. The molecule has 2 amide bonds. The van der Waals surface area contributed by atoms with E-state index in [0.29, 0.717) is 16.3 Å². The molecule has 0 radical (unpaired) electrons. The minimum Gasteiger partial charge on any atom is -0.487 e. The summed E-state index contributed by atoms with van der Waals surface area (Å²) in [7, 11) is -3.98. The molecule has 0 unspecified atom stereocenters. The number of nitrogens with zero attached hydrogens (tertiary/aromatic N) is 3. The number of likely N-dealkylation sites (tertiary alicyclic amines) is 1. The van der Waals surface area contributed by atoms with Crippen molar-refractivity contribution in [3.63, 3.8) is 0 Å². The highest BCUT2D eigenvalue weighted by Crippen LogP contribution is 2.35. The summed E-state index contributed by atoms with van der Waals surface area (Å²) in [4.78, 5) is 40.6. The van der Waals surface area contributed by atoms with E-state index in [-0.39, 0.29) is 57.1 Å². The molecule has 11 nitrogen and oxygen atoms in total. The number of ether oxygens (including phenoxy) is 2. The van der Waals surface area contributed by atoms with Crippen molar-refractivity contribution < 1.29 is 37.4 Å². The number of amides is 2. The van der Waals surface area contributed by atoms with Crippen molar-refractivity contribution in [3.05, 3.63) is 33.7 Å². The number of halogens is 1. The largest absolute Gasteiger partial charge is 0.487 e. The molecule has 1 aromatic rings. The van der Waals surface area contributed by atoms with Gasteiger partial charge >= 0.3 is 12.1 Å². The highest BCUT2D eigenvalue weighted by atomic mass is 35.5. The Hall–Kier alpha value is -2.83. The predicted octanol–water partition coefficient (Wildman–Crippen LogP) is 2.65. The summed E-state index contributed by atoms with van der Waals surface area (Å²) in [6.07, 6.45) is 1.32. The molecule has 3 heterocycles. The number of aliphatic carboxylic acids is 1. The molecule has 0 aliphatic carbocycles. The lowest BCUT2D eigenvalue weighted by Crippen LogP contribution is -2.58. The number of piperazine rings is 1. The molecule has 0 atom stereocenters. The van der Waals surface area contributed by atoms with Gasteiger partial charge in [0.25, 0.3) is 0 Å². The van der Waals surface area contributed by atoms with Crippen LogP contribution in [0.25, 0.3) is 6.08 Å². The zero-order chi connectivity index (χ0) is 27.9. The molecule has 13 heteroatoms. The lowest BCUT2D eigenvalue weighted by atomic mass is 9.77. The number of piperidine rings is 1. The van der Waals surface area contributed by atoms with E-state index >= 15 is 0 Å². The second-order valence-corrected chi connectivity index (χ2v) is 13.2. The molecular weight excluding hydrogens is 538 g/mol. The summed E-state index contributed by atoms with van der Waals surface area (Å²) >= 11 is 5.97. The summed E-state index contributed by atoms with van der Waals surface area (Å²) in [5, 5.41) is 10.5. The molecule has 0 saturated carbocycles. The van der Waals surface area contributed by atoms with Crippen LogP contribution in [-0.4, -0.2) is 97.1 Å². The van der Waals surface area contributed by atoms with Gasteiger partial charge in [0.1, 0.15) is 18.0 Å². The number of carbonyl (C=O) groups excluding carboxylic acids is 2. The van der Waals surface area contributed by atoms with Gasteiger partial charge in [-0.3, -0.25) is 9.59 Å². The van der Waals surface area contributed by atoms with E-state index in [0.717, 1.165) is 4.31 Å². The Labute approximate surface area is 227 Å². The van der Waals surface area contributed by atoms with Crippen LogP contribution >= 0.6 is 11.6 Å². The van der Waals surface area contributed by atoms with E-state index in [1.807, 2.05) is 0 Å². The number of fused-ring (bicyclic) bond motifs is 1. The Morgan fingerprint density at radius 2 is 1.84 bits per heavy atom. The van der Waals surface area contributed by atoms with E-state index in [1.165, 1.54) is 15.9 Å². The average Bonchev–Trinajstić information content (AvgIpc) is 2.84. The number of hydrogen-bond donors (Lipinski definition) is 1. The van der Waals surface area contributed by atoms with Crippen molar-refractivity contribution in [1.82, 2.24) is 14.1 Å². The molecule has 38 heavy (non-hydrogen) atoms. The summed E-state index contributed by atoms with van der Waals surface area (Å²) < 4.78 is 38.6. The van der Waals surface area contributed by atoms with Gasteiger partial charge in [0.2, 0.25) is 15.9 Å². The maximum absolute atomic E-state index is 13.3. The monoisotopic (exact) mass is 569 g/mol. The normalized spacial score (nSPS) is 20.3. The Balaban J connectivity index is 1.40. The third-order valence-electron chi connectivity index (χ3n) is 6.94. The van der Waals surface area contributed by atoms with Crippen LogP contribution in [0.1, 0.15) is 39.2 Å². The molecule has 2 fully saturated rings. The van der Waals surface area contributed by atoms with Crippen molar-refractivity contribution in [2.24, 2.45) is 5.41 Å². The fraction of sp³-hybridized carbons (Fsp3) is 0.560. The van der Waals surface area contributed by atoms with Crippen molar-refractivity contribution >= 4 is 45.7 Å². The minimum atomic E-state index is -3.98. The average molecular weight is 570 g/mol. The van der Waals surface area contributed by atoms with E-state index in [2.05, 4.69) is 0 Å². The van der Waals surface area contributed by atoms with Crippen LogP contribution in [-0.2, 0) is 24.3 Å². The Kier molecular flexibility index (Phi) is 7.70. The first-order valence-corrected chi connectivity index (χ1v) is 14.1. The molecular formula is C25H32ClN3O8S. The summed E-state index contributed by atoms with van der Waals surface area (Å²) in [5.74, 6) is -1.04. The number of rotatable bonds is 5. The number of sulfonamides is 1. The zero-order valence-corrected chi connectivity index (χ0v) is 23.2. The van der Waals surface area contributed by atoms with Crippen LogP contribution < -0.4 is 4.74 Å². The lowest BCUT2D eigenvalue weighted by molar-refractivity contribution is -0.156. The van der Waals surface area contributed by atoms with Gasteiger partial charge in [0, 0.05) is 43.3 Å². The Bertz CT molecular complexity index is 1270. The summed E-state index contributed by atoms with van der Waals surface area (Å²) in [5.41, 5.74) is -1.33. The third kappa shape index (κ3) is 5.92. The van der Waals surface area contributed by atoms with Gasteiger partial charge in [0.15, 0.2) is 0 Å². The Morgan fingerprint density at radius 3 is 2.45 bits per heavy atom. The standard InChI is InChI=1S/C25H32ClN3O8S/c1-24(2,3)37-23(33)27-8-6-25(7-9-27,22(31)32)16-28-10-11-29(14-21(28)30)38(34,35)19-12-17-4-5-18(26)13-20(17)36-15-19/h4-5,12-13H,6-11,14-16H2,1-3H3,(H,31,32). The van der Waals surface area contributed by atoms with E-state index in [1.54, 1.807) is 39.0 Å². The van der Waals surface area contributed by atoms with E-state index in [4.69, 9.17) is 21.1 Å². The van der Waals surface area contributed by atoms with Crippen molar-refractivity contribution in [2.45, 2.75) is 39.2 Å². The van der Waals surface area contributed by atoms with Crippen LogP contribution in [0.5, 0.6) is 5.75 Å². The molecule has 3 aliphatic rings. The first-order chi connectivity index (χ1) is 17.7.